The third-order valence-corrected chi connectivity index (χ3v) is 2.82. The number of halogens is 4. The van der Waals surface area contributed by atoms with Crippen LogP contribution in [-0.2, 0) is 19.1 Å². The Morgan fingerprint density at radius 2 is 1.64 bits per heavy atom. The van der Waals surface area contributed by atoms with Crippen LogP contribution in [0, 0.1) is 5.82 Å². The lowest BCUT2D eigenvalue weighted by Gasteiger charge is -2.30. The van der Waals surface area contributed by atoms with Crippen molar-refractivity contribution in [3.63, 3.8) is 0 Å². The summed E-state index contributed by atoms with van der Waals surface area (Å²) in [6, 6.07) is 1.92. The van der Waals surface area contributed by atoms with E-state index in [4.69, 9.17) is 9.47 Å². The zero-order chi connectivity index (χ0) is 16.7. The molecule has 1 aromatic rings. The molecule has 0 radical (unpaired) electrons. The molecule has 0 saturated carbocycles. The Balaban J connectivity index is 2.50. The molecule has 0 aliphatic carbocycles. The van der Waals surface area contributed by atoms with Crippen molar-refractivity contribution in [3.05, 3.63) is 35.2 Å². The molecule has 1 aromatic carbocycles. The van der Waals surface area contributed by atoms with Crippen molar-refractivity contribution in [1.29, 1.82) is 0 Å². The van der Waals surface area contributed by atoms with Crippen LogP contribution in [0.5, 0.6) is 0 Å². The van der Waals surface area contributed by atoms with E-state index in [1.165, 1.54) is 13.8 Å². The highest BCUT2D eigenvalue weighted by Crippen LogP contribution is 2.24. The Bertz CT molecular complexity index is 657. The summed E-state index contributed by atoms with van der Waals surface area (Å²) in [4.78, 5) is 23.4. The second-order valence-electron chi connectivity index (χ2n) is 5.08. The number of hydrogen-bond acceptors (Lipinski definition) is 4. The molecule has 0 atom stereocenters. The normalized spacial score (nSPS) is 17.8. The second-order valence-corrected chi connectivity index (χ2v) is 5.08. The molecule has 0 N–H and O–H groups in total. The maximum Gasteiger partial charge on any atom is 0.510 e. The van der Waals surface area contributed by atoms with Gasteiger partial charge in [0.1, 0.15) is 11.4 Å². The summed E-state index contributed by atoms with van der Waals surface area (Å²) in [5.41, 5.74) is -2.46. The molecule has 0 amide bonds. The smallest absolute Gasteiger partial charge is 0.445 e. The Kier molecular flexibility index (Phi) is 3.76. The molecule has 1 fully saturated rings. The van der Waals surface area contributed by atoms with Crippen LogP contribution in [0.25, 0.3) is 6.08 Å². The number of carbonyl (C=O) groups is 2. The summed E-state index contributed by atoms with van der Waals surface area (Å²) < 4.78 is 61.4. The molecule has 1 aliphatic rings. The number of carbonyl (C=O) groups excluding carboxylic acids is 2. The largest absolute Gasteiger partial charge is 0.510 e. The van der Waals surface area contributed by atoms with Crippen LogP contribution in [0.4, 0.5) is 17.3 Å². The fourth-order valence-corrected chi connectivity index (χ4v) is 1.89. The first-order valence-electron chi connectivity index (χ1n) is 6.17. The molecule has 22 heavy (non-hydrogen) atoms. The monoisotopic (exact) mass is 317 g/mol. The molecule has 1 heterocycles. The van der Waals surface area contributed by atoms with E-state index in [9.17, 15) is 26.9 Å². The lowest BCUT2D eigenvalue weighted by atomic mass is 9.76. The minimum Gasteiger partial charge on any atom is -0.445 e. The fourth-order valence-electron chi connectivity index (χ4n) is 1.89. The van der Waals surface area contributed by atoms with E-state index in [0.29, 0.717) is 12.1 Å². The summed E-state index contributed by atoms with van der Waals surface area (Å²) >= 11 is 0. The number of rotatable bonds is 2. The molecular formula is C13H10BF4O4-. The van der Waals surface area contributed by atoms with Gasteiger partial charge in [0.15, 0.2) is 0 Å². The third kappa shape index (κ3) is 3.29. The first-order valence-corrected chi connectivity index (χ1v) is 6.17. The van der Waals surface area contributed by atoms with Gasteiger partial charge in [0.2, 0.25) is 0 Å². The van der Waals surface area contributed by atoms with Gasteiger partial charge in [-0.05, 0) is 12.1 Å². The van der Waals surface area contributed by atoms with Gasteiger partial charge < -0.3 is 22.4 Å². The molecule has 118 valence electrons. The van der Waals surface area contributed by atoms with Gasteiger partial charge in [-0.1, -0.05) is 23.2 Å². The molecular weight excluding hydrogens is 307 g/mol. The van der Waals surface area contributed by atoms with Crippen molar-refractivity contribution < 1.29 is 36.4 Å². The SMILES string of the molecule is CC1(C)OC(=O)C(=Cc2ccc(F)cc2[B-](F)(F)F)C(=O)O1. The highest BCUT2D eigenvalue weighted by molar-refractivity contribution is 6.74. The highest BCUT2D eigenvalue weighted by Gasteiger charge is 2.39. The van der Waals surface area contributed by atoms with Gasteiger partial charge in [0, 0.05) is 13.8 Å². The summed E-state index contributed by atoms with van der Waals surface area (Å²) in [5.74, 6) is -4.78. The number of benzene rings is 1. The van der Waals surface area contributed by atoms with Crippen molar-refractivity contribution in [2.75, 3.05) is 0 Å². The Hall–Kier alpha value is -2.32. The Morgan fingerprint density at radius 1 is 1.09 bits per heavy atom. The quantitative estimate of drug-likeness (QED) is 0.276. The van der Waals surface area contributed by atoms with Crippen LogP contribution in [0.3, 0.4) is 0 Å². The molecule has 1 saturated heterocycles. The lowest BCUT2D eigenvalue weighted by molar-refractivity contribution is -0.222. The average Bonchev–Trinajstić information content (AvgIpc) is 2.32. The lowest BCUT2D eigenvalue weighted by Crippen LogP contribution is -2.42. The van der Waals surface area contributed by atoms with Gasteiger partial charge in [-0.25, -0.2) is 14.0 Å². The first kappa shape index (κ1) is 16.1. The van der Waals surface area contributed by atoms with Crippen molar-refractivity contribution in [3.8, 4) is 0 Å². The van der Waals surface area contributed by atoms with E-state index in [1.54, 1.807) is 0 Å². The van der Waals surface area contributed by atoms with E-state index in [0.717, 1.165) is 12.1 Å². The Morgan fingerprint density at radius 3 is 2.14 bits per heavy atom. The maximum absolute atomic E-state index is 13.0. The molecule has 0 spiro atoms. The van der Waals surface area contributed by atoms with Crippen LogP contribution in [0.1, 0.15) is 19.4 Å². The second kappa shape index (κ2) is 5.15. The predicted molar refractivity (Wildman–Crippen MR) is 69.4 cm³/mol. The van der Waals surface area contributed by atoms with Crippen LogP contribution < -0.4 is 5.46 Å². The van der Waals surface area contributed by atoms with Gasteiger partial charge in [0.25, 0.3) is 5.79 Å². The maximum atomic E-state index is 13.0. The summed E-state index contributed by atoms with van der Waals surface area (Å²) in [5, 5.41) is 0. The molecule has 0 bridgehead atoms. The average molecular weight is 317 g/mol. The minimum atomic E-state index is -5.53. The molecule has 9 heteroatoms. The summed E-state index contributed by atoms with van der Waals surface area (Å²) in [7, 11) is 0. The summed E-state index contributed by atoms with van der Waals surface area (Å²) in [6.45, 7) is -2.91. The van der Waals surface area contributed by atoms with Crippen molar-refractivity contribution in [2.45, 2.75) is 19.6 Å². The van der Waals surface area contributed by atoms with Gasteiger partial charge in [-0.2, -0.15) is 0 Å². The highest BCUT2D eigenvalue weighted by atomic mass is 19.4. The standard InChI is InChI=1S/C13H10BF4O4/c1-13(2)21-11(19)9(12(20)22-13)5-7-3-4-8(15)6-10(7)14(16,17)18/h3-6H,1-2H3/q-1. The van der Waals surface area contributed by atoms with E-state index in [1.807, 2.05) is 0 Å². The Labute approximate surface area is 122 Å². The number of ether oxygens (including phenoxy) is 2. The molecule has 0 aromatic heterocycles. The number of hydrogen-bond donors (Lipinski definition) is 0. The van der Waals surface area contributed by atoms with Gasteiger partial charge in [-0.15, -0.1) is 0 Å². The van der Waals surface area contributed by atoms with Gasteiger partial charge >= 0.3 is 18.9 Å². The first-order chi connectivity index (χ1) is 9.99. The van der Waals surface area contributed by atoms with Crippen LogP contribution in [0.2, 0.25) is 0 Å². The van der Waals surface area contributed by atoms with Crippen LogP contribution in [0.15, 0.2) is 23.8 Å². The molecule has 2 rings (SSSR count). The van der Waals surface area contributed by atoms with Crippen molar-refractivity contribution >= 4 is 30.5 Å². The number of cyclic esters (lactones) is 2. The molecule has 4 nitrogen and oxygen atoms in total. The van der Waals surface area contributed by atoms with Crippen molar-refractivity contribution in [1.82, 2.24) is 0 Å². The van der Waals surface area contributed by atoms with Gasteiger partial charge in [-0.3, -0.25) is 0 Å². The van der Waals surface area contributed by atoms with Crippen molar-refractivity contribution in [2.24, 2.45) is 0 Å². The number of esters is 2. The minimum absolute atomic E-state index is 0.301. The van der Waals surface area contributed by atoms with E-state index >= 15 is 0 Å². The molecule has 1 aliphatic heterocycles. The van der Waals surface area contributed by atoms with E-state index < -0.39 is 47.1 Å². The zero-order valence-electron chi connectivity index (χ0n) is 11.5. The third-order valence-electron chi connectivity index (χ3n) is 2.82. The van der Waals surface area contributed by atoms with E-state index in [-0.39, 0.29) is 0 Å². The van der Waals surface area contributed by atoms with Crippen LogP contribution >= 0.6 is 0 Å². The fraction of sp³-hybridized carbons (Fsp3) is 0.231. The van der Waals surface area contributed by atoms with Crippen LogP contribution in [-0.4, -0.2) is 24.7 Å². The predicted octanol–water partition coefficient (Wildman–Crippen LogP) is 2.10. The van der Waals surface area contributed by atoms with Gasteiger partial charge in [0.05, 0.1) is 0 Å². The molecule has 0 unspecified atom stereocenters. The van der Waals surface area contributed by atoms with E-state index in [2.05, 4.69) is 0 Å². The zero-order valence-corrected chi connectivity index (χ0v) is 11.5. The topological polar surface area (TPSA) is 52.6 Å². The summed E-state index contributed by atoms with van der Waals surface area (Å²) in [6.07, 6.45) is 0.684.